The van der Waals surface area contributed by atoms with E-state index in [1.54, 1.807) is 13.8 Å². The Morgan fingerprint density at radius 2 is 1.33 bits per heavy atom. The average Bonchev–Trinajstić information content (AvgIpc) is 3.89. The largest absolute Gasteiger partial charge is 0.394 e. The molecule has 11 nitrogen and oxygen atoms in total. The van der Waals surface area contributed by atoms with E-state index in [4.69, 9.17) is 28.4 Å². The lowest BCUT2D eigenvalue weighted by atomic mass is 9.77. The summed E-state index contributed by atoms with van der Waals surface area (Å²) in [5.41, 5.74) is 2.10. The van der Waals surface area contributed by atoms with E-state index in [2.05, 4.69) is 86.2 Å². The minimum Gasteiger partial charge on any atom is -0.394 e. The molecule has 64 heavy (non-hydrogen) atoms. The summed E-state index contributed by atoms with van der Waals surface area (Å²) in [4.78, 5) is 27.1. The Bertz CT molecular complexity index is 1960. The van der Waals surface area contributed by atoms with Crippen LogP contribution in [0.25, 0.3) is 0 Å². The molecule has 0 saturated carbocycles. The Hall–Kier alpha value is -3.74. The summed E-state index contributed by atoms with van der Waals surface area (Å²) in [6.45, 7) is 18.5. The van der Waals surface area contributed by atoms with Gasteiger partial charge in [-0.2, -0.15) is 0 Å². The number of carbonyl (C=O) groups is 2. The number of aliphatic hydroxyl groups excluding tert-OH is 3. The summed E-state index contributed by atoms with van der Waals surface area (Å²) < 4.78 is 38.9. The minimum absolute atomic E-state index is 0.0158. The van der Waals surface area contributed by atoms with E-state index < -0.39 is 18.3 Å². The van der Waals surface area contributed by atoms with Crippen LogP contribution in [0.2, 0.25) is 0 Å². The number of Topliss-reactive ketones (excluding diaryl/α,β-unsaturated/α-hetero) is 2. The highest BCUT2D eigenvalue weighted by Crippen LogP contribution is 2.46. The summed E-state index contributed by atoms with van der Waals surface area (Å²) in [5.74, 6) is 25.6. The second-order valence-corrected chi connectivity index (χ2v) is 18.9. The van der Waals surface area contributed by atoms with Crippen molar-refractivity contribution in [2.45, 2.75) is 191 Å². The predicted molar refractivity (Wildman–Crippen MR) is 241 cm³/mol. The maximum Gasteiger partial charge on any atom is 0.135 e. The van der Waals surface area contributed by atoms with Gasteiger partial charge in [-0.05, 0) is 129 Å². The van der Waals surface area contributed by atoms with Crippen LogP contribution in [0.1, 0.15) is 112 Å². The van der Waals surface area contributed by atoms with E-state index in [1.807, 2.05) is 6.92 Å². The number of hydrogen-bond donors (Lipinski definition) is 3. The van der Waals surface area contributed by atoms with Crippen molar-refractivity contribution >= 4 is 11.6 Å². The first-order valence-corrected chi connectivity index (χ1v) is 23.4. The van der Waals surface area contributed by atoms with Gasteiger partial charge in [-0.1, -0.05) is 45.8 Å². The maximum atomic E-state index is 13.8. The Morgan fingerprint density at radius 3 is 2.02 bits per heavy atom. The Balaban J connectivity index is 0.000000497. The van der Waals surface area contributed by atoms with E-state index in [1.165, 1.54) is 0 Å². The summed E-state index contributed by atoms with van der Waals surface area (Å²) in [6, 6.07) is 0. The zero-order chi connectivity index (χ0) is 45.9. The third-order valence-electron chi connectivity index (χ3n) is 14.5. The molecule has 3 N–H and O–H groups in total. The molecule has 7 aliphatic heterocycles. The van der Waals surface area contributed by atoms with E-state index in [0.717, 1.165) is 36.8 Å². The minimum atomic E-state index is -0.899. The molecule has 0 aromatic heterocycles. The van der Waals surface area contributed by atoms with Crippen molar-refractivity contribution in [1.82, 2.24) is 0 Å². The molecule has 3 unspecified atom stereocenters. The van der Waals surface area contributed by atoms with Crippen LogP contribution in [0.3, 0.4) is 0 Å². The molecule has 18 atom stereocenters. The third-order valence-corrected chi connectivity index (χ3v) is 14.5. The van der Waals surface area contributed by atoms with Gasteiger partial charge < -0.3 is 43.7 Å². The van der Waals surface area contributed by atoms with E-state index in [0.29, 0.717) is 45.1 Å². The van der Waals surface area contributed by atoms with Gasteiger partial charge in [0.25, 0.3) is 0 Å². The molecule has 8 bridgehead atoms. The molecule has 0 radical (unpaired) electrons. The Morgan fingerprint density at radius 1 is 0.656 bits per heavy atom. The van der Waals surface area contributed by atoms with Gasteiger partial charge in [0.1, 0.15) is 17.7 Å². The first kappa shape index (κ1) is 49.7. The SMILES string of the molecule is C=C1CC2CCC(=O)C[C@H]3O[C@H]4[C@@H](O)[C@H]5CC(CC(=O)C[C@H]6C(C[C@H]7O[C@@H](CC[C@@H]1O2)C[C@@H](C)C7=C)O[C@H](C[C@H](O)CO)[C@@H]6C)OC[C@@H]5O[C@H]4[C@H]3C.CC#CC#CC#CC#CC#CC. The number of rotatable bonds is 3. The van der Waals surface area contributed by atoms with Gasteiger partial charge >= 0.3 is 0 Å². The molecule has 7 heterocycles. The molecule has 7 fully saturated rings. The molecule has 0 amide bonds. The van der Waals surface area contributed by atoms with Crippen molar-refractivity contribution in [2.75, 3.05) is 13.2 Å². The monoisotopic (exact) mass is 880 g/mol. The molecule has 11 heteroatoms. The van der Waals surface area contributed by atoms with Gasteiger partial charge in [-0.15, -0.1) is 0 Å². The summed E-state index contributed by atoms with van der Waals surface area (Å²) >= 11 is 0. The number of carbonyl (C=O) groups excluding carboxylic acids is 2. The fraction of sp³-hybridized carbons (Fsp3) is 0.698. The smallest absolute Gasteiger partial charge is 0.135 e. The fourth-order valence-corrected chi connectivity index (χ4v) is 10.8. The fourth-order valence-electron chi connectivity index (χ4n) is 10.8. The zero-order valence-electron chi connectivity index (χ0n) is 38.3. The second-order valence-electron chi connectivity index (χ2n) is 18.9. The lowest BCUT2D eigenvalue weighted by molar-refractivity contribution is -0.232. The highest BCUT2D eigenvalue weighted by atomic mass is 16.6. The highest BCUT2D eigenvalue weighted by molar-refractivity contribution is 5.79. The Kier molecular flexibility index (Phi) is 18.3. The maximum absolute atomic E-state index is 13.8. The second kappa shape index (κ2) is 23.6. The van der Waals surface area contributed by atoms with Crippen LogP contribution >= 0.6 is 0 Å². The topological polar surface area (TPSA) is 150 Å². The van der Waals surface area contributed by atoms with E-state index >= 15 is 0 Å². The van der Waals surface area contributed by atoms with Gasteiger partial charge in [0, 0.05) is 50.4 Å². The molecular weight excluding hydrogens is 813 g/mol. The van der Waals surface area contributed by atoms with Crippen LogP contribution in [-0.2, 0) is 38.0 Å². The van der Waals surface area contributed by atoms with Crippen molar-refractivity contribution in [3.63, 3.8) is 0 Å². The molecular formula is C53H68O11. The third kappa shape index (κ3) is 12.8. The number of fused-ring (bicyclic) bond motifs is 7. The van der Waals surface area contributed by atoms with Gasteiger partial charge in [-0.25, -0.2) is 0 Å². The normalized spacial score (nSPS) is 40.0. The Labute approximate surface area is 381 Å². The number of aliphatic hydroxyl groups is 3. The molecule has 0 aliphatic carbocycles. The lowest BCUT2D eigenvalue weighted by Gasteiger charge is -2.46. The predicted octanol–water partition coefficient (Wildman–Crippen LogP) is 5.07. The van der Waals surface area contributed by atoms with Crippen LogP contribution in [0.15, 0.2) is 24.3 Å². The van der Waals surface area contributed by atoms with Crippen LogP contribution in [0.4, 0.5) is 0 Å². The zero-order valence-corrected chi connectivity index (χ0v) is 38.3. The molecule has 7 rings (SSSR count). The summed E-state index contributed by atoms with van der Waals surface area (Å²) in [6.07, 6.45) is 1.96. The first-order chi connectivity index (χ1) is 30.8. The van der Waals surface area contributed by atoms with Crippen LogP contribution < -0.4 is 0 Å². The molecule has 7 aliphatic rings. The van der Waals surface area contributed by atoms with Gasteiger partial charge in [0.2, 0.25) is 0 Å². The quantitative estimate of drug-likeness (QED) is 0.258. The number of ether oxygens (including phenoxy) is 6. The standard InChI is InChI=1S/C41H62O11.C12H6/c1-20-10-29-8-9-33-21(2)11-28(48-33)7-6-25(43)14-35-24(5)40-41(51-35)39(46)32-16-30(47-19-38(32)52-40)12-26(44)13-31-23(4)34(15-27(45)18-42)50-37(31)17-36(49-29)22(20)3;1-3-5-7-9-11-12-10-8-6-4-2/h20,23-24,27-42,45-46H,2-3,6-19H2,1,4-5H3;1-2H3/t20-,23-,24+,27+,28?,29+,30?,31-,32+,33+,34-,35-,36-,37?,38+,39+,40+,41+;/m1./s1. The van der Waals surface area contributed by atoms with Crippen molar-refractivity contribution in [3.8, 4) is 59.2 Å². The van der Waals surface area contributed by atoms with Gasteiger partial charge in [0.05, 0.1) is 86.5 Å². The highest BCUT2D eigenvalue weighted by Gasteiger charge is 2.56. The molecule has 346 valence electrons. The van der Waals surface area contributed by atoms with Crippen molar-refractivity contribution in [1.29, 1.82) is 0 Å². The number of hydrogen-bond acceptors (Lipinski definition) is 11. The summed E-state index contributed by atoms with van der Waals surface area (Å²) in [5, 5.41) is 31.6. The van der Waals surface area contributed by atoms with E-state index in [-0.39, 0.29) is 122 Å². The molecule has 0 aromatic carbocycles. The average molecular weight is 881 g/mol. The molecule has 0 aromatic rings. The van der Waals surface area contributed by atoms with Crippen LogP contribution in [-0.4, -0.2) is 119 Å². The summed E-state index contributed by atoms with van der Waals surface area (Å²) in [7, 11) is 0. The molecule has 0 spiro atoms. The van der Waals surface area contributed by atoms with Crippen molar-refractivity contribution in [2.24, 2.45) is 29.6 Å². The van der Waals surface area contributed by atoms with Crippen molar-refractivity contribution in [3.05, 3.63) is 24.3 Å². The van der Waals surface area contributed by atoms with Gasteiger partial charge in [-0.3, -0.25) is 9.59 Å². The van der Waals surface area contributed by atoms with Crippen LogP contribution in [0, 0.1) is 88.8 Å². The van der Waals surface area contributed by atoms with E-state index in [9.17, 15) is 24.9 Å². The van der Waals surface area contributed by atoms with Gasteiger partial charge in [0.15, 0.2) is 0 Å². The first-order valence-electron chi connectivity index (χ1n) is 23.4. The number of ketones is 2. The van der Waals surface area contributed by atoms with Crippen LogP contribution in [0.5, 0.6) is 0 Å². The lowest BCUT2D eigenvalue weighted by Crippen LogP contribution is -2.58. The molecule has 7 saturated heterocycles. The van der Waals surface area contributed by atoms with Crippen molar-refractivity contribution < 1.29 is 53.3 Å².